The van der Waals surface area contributed by atoms with Crippen molar-refractivity contribution in [3.05, 3.63) is 34.9 Å². The second kappa shape index (κ2) is 5.03. The number of halogens is 2. The van der Waals surface area contributed by atoms with E-state index in [1.807, 2.05) is 0 Å². The van der Waals surface area contributed by atoms with E-state index in [9.17, 15) is 13.6 Å². The third-order valence-electron chi connectivity index (χ3n) is 2.29. The van der Waals surface area contributed by atoms with E-state index in [0.717, 1.165) is 12.1 Å². The highest BCUT2D eigenvalue weighted by Gasteiger charge is 2.19. The maximum Gasteiger partial charge on any atom is 0.333 e. The zero-order valence-corrected chi connectivity index (χ0v) is 8.96. The number of ether oxygens (including phenoxy) is 1. The molecule has 0 radical (unpaired) electrons. The first kappa shape index (κ1) is 12.6. The third kappa shape index (κ3) is 2.76. The van der Waals surface area contributed by atoms with Crippen LogP contribution in [0.15, 0.2) is 12.1 Å². The molecule has 1 unspecified atom stereocenters. The number of carbonyl (C=O) groups is 1. The molecule has 0 saturated carbocycles. The Bertz CT molecular complexity index is 404. The fourth-order valence-corrected chi connectivity index (χ4v) is 1.32. The summed E-state index contributed by atoms with van der Waals surface area (Å²) in [7, 11) is 1.21. The minimum Gasteiger partial charge on any atom is -0.479 e. The molecule has 1 aromatic rings. The summed E-state index contributed by atoms with van der Waals surface area (Å²) in [5, 5.41) is 8.71. The molecule has 0 aliphatic carbocycles. The second-order valence-electron chi connectivity index (χ2n) is 3.46. The first-order valence-electron chi connectivity index (χ1n) is 4.65. The molecule has 0 bridgehead atoms. The zero-order chi connectivity index (χ0) is 12.3. The van der Waals surface area contributed by atoms with E-state index < -0.39 is 23.7 Å². The Morgan fingerprint density at radius 1 is 1.44 bits per heavy atom. The minimum atomic E-state index is -1.21. The van der Waals surface area contributed by atoms with E-state index in [2.05, 4.69) is 4.74 Å². The Morgan fingerprint density at radius 3 is 2.56 bits per heavy atom. The number of carboxylic acid groups (broad SMARTS) is 1. The fraction of sp³-hybridized carbons (Fsp3) is 0.364. The lowest BCUT2D eigenvalue weighted by atomic mass is 10.0. The Hall–Kier alpha value is -1.49. The van der Waals surface area contributed by atoms with E-state index in [1.165, 1.54) is 14.0 Å². The predicted octanol–water partition coefficient (Wildman–Crippen LogP) is 1.92. The fourth-order valence-electron chi connectivity index (χ4n) is 1.32. The van der Waals surface area contributed by atoms with Crippen molar-refractivity contribution >= 4 is 5.97 Å². The molecule has 0 amide bonds. The summed E-state index contributed by atoms with van der Waals surface area (Å²) in [4.78, 5) is 10.7. The van der Waals surface area contributed by atoms with E-state index in [1.54, 1.807) is 0 Å². The largest absolute Gasteiger partial charge is 0.479 e. The van der Waals surface area contributed by atoms with Crippen molar-refractivity contribution in [2.75, 3.05) is 7.11 Å². The molecule has 0 aliphatic heterocycles. The molecule has 1 N–H and O–H groups in total. The molecule has 1 aromatic carbocycles. The van der Waals surface area contributed by atoms with Crippen LogP contribution in [-0.2, 0) is 16.0 Å². The van der Waals surface area contributed by atoms with Gasteiger partial charge in [-0.05, 0) is 30.2 Å². The molecule has 1 atom stereocenters. The van der Waals surface area contributed by atoms with Crippen LogP contribution >= 0.6 is 0 Å². The maximum absolute atomic E-state index is 13.4. The molecule has 0 fully saturated rings. The van der Waals surface area contributed by atoms with Gasteiger partial charge in [0.05, 0.1) is 0 Å². The van der Waals surface area contributed by atoms with Crippen LogP contribution in [0.5, 0.6) is 0 Å². The van der Waals surface area contributed by atoms with Gasteiger partial charge in [0.1, 0.15) is 11.6 Å². The van der Waals surface area contributed by atoms with Crippen molar-refractivity contribution in [1.82, 2.24) is 0 Å². The highest BCUT2D eigenvalue weighted by atomic mass is 19.1. The zero-order valence-electron chi connectivity index (χ0n) is 8.96. The molecule has 3 nitrogen and oxygen atoms in total. The lowest BCUT2D eigenvalue weighted by Crippen LogP contribution is -2.25. The van der Waals surface area contributed by atoms with Gasteiger partial charge in [0.15, 0.2) is 6.10 Å². The Balaban J connectivity index is 2.96. The first-order chi connectivity index (χ1) is 7.45. The monoisotopic (exact) mass is 230 g/mol. The van der Waals surface area contributed by atoms with Crippen LogP contribution in [0.4, 0.5) is 8.78 Å². The van der Waals surface area contributed by atoms with E-state index in [0.29, 0.717) is 0 Å². The number of aliphatic carboxylic acids is 1. The van der Waals surface area contributed by atoms with Gasteiger partial charge in [0.25, 0.3) is 0 Å². The lowest BCUT2D eigenvalue weighted by Gasteiger charge is -2.11. The molecule has 16 heavy (non-hydrogen) atoms. The van der Waals surface area contributed by atoms with Gasteiger partial charge < -0.3 is 9.84 Å². The highest BCUT2D eigenvalue weighted by Crippen LogP contribution is 2.16. The van der Waals surface area contributed by atoms with Crippen LogP contribution in [0.2, 0.25) is 0 Å². The van der Waals surface area contributed by atoms with Crippen molar-refractivity contribution in [2.45, 2.75) is 19.4 Å². The normalized spacial score (nSPS) is 12.5. The molecule has 0 aromatic heterocycles. The molecule has 88 valence electrons. The number of rotatable bonds is 4. The molecule has 0 heterocycles. The summed E-state index contributed by atoms with van der Waals surface area (Å²) in [6.45, 7) is 1.44. The van der Waals surface area contributed by atoms with Crippen LogP contribution < -0.4 is 0 Å². The number of benzene rings is 1. The van der Waals surface area contributed by atoms with Gasteiger partial charge in [0, 0.05) is 13.5 Å². The summed E-state index contributed by atoms with van der Waals surface area (Å²) < 4.78 is 31.2. The van der Waals surface area contributed by atoms with Gasteiger partial charge >= 0.3 is 5.97 Å². The molecule has 0 spiro atoms. The quantitative estimate of drug-likeness (QED) is 0.859. The van der Waals surface area contributed by atoms with E-state index in [4.69, 9.17) is 5.11 Å². The summed E-state index contributed by atoms with van der Waals surface area (Å²) >= 11 is 0. The predicted molar refractivity (Wildman–Crippen MR) is 53.2 cm³/mol. The number of methoxy groups -OCH3 is 1. The van der Waals surface area contributed by atoms with Gasteiger partial charge in [-0.3, -0.25) is 0 Å². The smallest absolute Gasteiger partial charge is 0.333 e. The molecule has 5 heteroatoms. The van der Waals surface area contributed by atoms with Crippen LogP contribution in [0, 0.1) is 18.6 Å². The van der Waals surface area contributed by atoms with Gasteiger partial charge in [-0.2, -0.15) is 0 Å². The average Bonchev–Trinajstić information content (AvgIpc) is 2.21. The summed E-state index contributed by atoms with van der Waals surface area (Å²) in [5.41, 5.74) is 0.183. The standard InChI is InChI=1S/C11H12F2O3/c1-6-3-9(13)7(4-8(6)12)5-10(16-2)11(14)15/h3-4,10H,5H2,1-2H3,(H,14,15). The van der Waals surface area contributed by atoms with Crippen LogP contribution in [0.25, 0.3) is 0 Å². The topological polar surface area (TPSA) is 46.5 Å². The van der Waals surface area contributed by atoms with Crippen molar-refractivity contribution in [1.29, 1.82) is 0 Å². The molecule has 0 aliphatic rings. The third-order valence-corrected chi connectivity index (χ3v) is 2.29. The molecular weight excluding hydrogens is 218 g/mol. The highest BCUT2D eigenvalue weighted by molar-refractivity contribution is 5.72. The van der Waals surface area contributed by atoms with Gasteiger partial charge in [0.2, 0.25) is 0 Å². The van der Waals surface area contributed by atoms with Gasteiger partial charge in [-0.25, -0.2) is 13.6 Å². The molecule has 0 saturated heterocycles. The minimum absolute atomic E-state index is 0.00245. The van der Waals surface area contributed by atoms with E-state index in [-0.39, 0.29) is 17.5 Å². The van der Waals surface area contributed by atoms with Crippen LogP contribution in [0.3, 0.4) is 0 Å². The Morgan fingerprint density at radius 2 is 2.06 bits per heavy atom. The van der Waals surface area contributed by atoms with E-state index >= 15 is 0 Å². The summed E-state index contributed by atoms with van der Waals surface area (Å²) in [5.74, 6) is -2.39. The van der Waals surface area contributed by atoms with Gasteiger partial charge in [-0.15, -0.1) is 0 Å². The van der Waals surface area contributed by atoms with Gasteiger partial charge in [-0.1, -0.05) is 0 Å². The van der Waals surface area contributed by atoms with Crippen molar-refractivity contribution in [3.8, 4) is 0 Å². The number of carboxylic acids is 1. The number of hydrogen-bond acceptors (Lipinski definition) is 2. The van der Waals surface area contributed by atoms with Crippen molar-refractivity contribution in [2.24, 2.45) is 0 Å². The maximum atomic E-state index is 13.4. The van der Waals surface area contributed by atoms with Crippen molar-refractivity contribution in [3.63, 3.8) is 0 Å². The summed E-state index contributed by atoms with van der Waals surface area (Å²) in [6, 6.07) is 2.04. The lowest BCUT2D eigenvalue weighted by molar-refractivity contribution is -0.148. The number of hydrogen-bond donors (Lipinski definition) is 1. The average molecular weight is 230 g/mol. The van der Waals surface area contributed by atoms with Crippen molar-refractivity contribution < 1.29 is 23.4 Å². The number of aryl methyl sites for hydroxylation is 1. The Kier molecular flexibility index (Phi) is 3.95. The van der Waals surface area contributed by atoms with Crippen LogP contribution in [-0.4, -0.2) is 24.3 Å². The van der Waals surface area contributed by atoms with Crippen LogP contribution in [0.1, 0.15) is 11.1 Å². The second-order valence-corrected chi connectivity index (χ2v) is 3.46. The first-order valence-corrected chi connectivity index (χ1v) is 4.65. The SMILES string of the molecule is COC(Cc1cc(F)c(C)cc1F)C(=O)O. The Labute approximate surface area is 91.7 Å². The molecule has 1 rings (SSSR count). The molecular formula is C11H12F2O3. The summed E-state index contributed by atoms with van der Waals surface area (Å²) in [6.07, 6.45) is -1.37.